The number of carbonyl (C=O) groups is 2. The number of Topliss-reactive ketones (excluding diaryl/α,β-unsaturated/α-hetero) is 2. The van der Waals surface area contributed by atoms with Crippen LogP contribution in [0.1, 0.15) is 32.9 Å². The third-order valence-electron chi connectivity index (χ3n) is 2.72. The van der Waals surface area contributed by atoms with Crippen LogP contribution in [0.2, 0.25) is 0 Å². The summed E-state index contributed by atoms with van der Waals surface area (Å²) in [5, 5.41) is 0. The van der Waals surface area contributed by atoms with Crippen molar-refractivity contribution in [1.29, 1.82) is 0 Å². The Balaban J connectivity index is 2.15. The van der Waals surface area contributed by atoms with E-state index in [-0.39, 0.29) is 5.56 Å². The van der Waals surface area contributed by atoms with Crippen LogP contribution in [0.25, 0.3) is 0 Å². The lowest BCUT2D eigenvalue weighted by Gasteiger charge is -2.01. The fourth-order valence-corrected chi connectivity index (χ4v) is 1.69. The van der Waals surface area contributed by atoms with Gasteiger partial charge < -0.3 is 4.42 Å². The predicted molar refractivity (Wildman–Crippen MR) is 63.1 cm³/mol. The monoisotopic (exact) mass is 264 g/mol. The van der Waals surface area contributed by atoms with E-state index in [0.717, 1.165) is 18.2 Å². The number of hydrogen-bond donors (Lipinski definition) is 0. The smallest absolute Gasteiger partial charge is 0.174 e. The van der Waals surface area contributed by atoms with E-state index >= 15 is 0 Å². The summed E-state index contributed by atoms with van der Waals surface area (Å²) in [6.07, 6.45) is 0.941. The molecule has 2 rings (SSSR count). The molecule has 5 heteroatoms. The first-order valence-electron chi connectivity index (χ1n) is 5.54. The van der Waals surface area contributed by atoms with Crippen molar-refractivity contribution in [2.24, 2.45) is 0 Å². The highest BCUT2D eigenvalue weighted by molar-refractivity contribution is 6.13. The standard InChI is InChI=1S/C14H10F2O3/c1-8-10(4-5-19-8)14(18)7-13(17)9-2-3-11(15)12(16)6-9/h2-6H,7H2,1H3. The Morgan fingerprint density at radius 3 is 2.42 bits per heavy atom. The third-order valence-corrected chi connectivity index (χ3v) is 2.72. The topological polar surface area (TPSA) is 47.3 Å². The first kappa shape index (κ1) is 13.1. The van der Waals surface area contributed by atoms with Crippen LogP contribution in [-0.4, -0.2) is 11.6 Å². The third kappa shape index (κ3) is 2.76. The quantitative estimate of drug-likeness (QED) is 0.628. The van der Waals surface area contributed by atoms with Gasteiger partial charge in [-0.25, -0.2) is 8.78 Å². The summed E-state index contributed by atoms with van der Waals surface area (Å²) in [5.41, 5.74) is 0.282. The molecule has 0 radical (unpaired) electrons. The maximum atomic E-state index is 13.0. The van der Waals surface area contributed by atoms with E-state index in [4.69, 9.17) is 4.42 Å². The highest BCUT2D eigenvalue weighted by Gasteiger charge is 2.17. The van der Waals surface area contributed by atoms with E-state index in [1.54, 1.807) is 6.92 Å². The first-order valence-corrected chi connectivity index (χ1v) is 5.54. The molecule has 0 spiro atoms. The van der Waals surface area contributed by atoms with Gasteiger partial charge in [-0.3, -0.25) is 9.59 Å². The molecule has 0 saturated carbocycles. The second kappa shape index (κ2) is 5.14. The maximum absolute atomic E-state index is 13.0. The Labute approximate surface area is 107 Å². The second-order valence-corrected chi connectivity index (χ2v) is 4.04. The number of carbonyl (C=O) groups excluding carboxylic acids is 2. The highest BCUT2D eigenvalue weighted by atomic mass is 19.2. The molecular formula is C14H10F2O3. The number of aryl methyl sites for hydroxylation is 1. The zero-order valence-electron chi connectivity index (χ0n) is 10.1. The molecule has 0 fully saturated rings. The molecule has 3 nitrogen and oxygen atoms in total. The molecule has 2 aromatic rings. The number of benzene rings is 1. The van der Waals surface area contributed by atoms with E-state index in [2.05, 4.69) is 0 Å². The molecule has 1 aromatic carbocycles. The lowest BCUT2D eigenvalue weighted by atomic mass is 10.0. The van der Waals surface area contributed by atoms with E-state index in [1.807, 2.05) is 0 Å². The molecule has 98 valence electrons. The molecule has 0 bridgehead atoms. The summed E-state index contributed by atoms with van der Waals surface area (Å²) in [7, 11) is 0. The fraction of sp³-hybridized carbons (Fsp3) is 0.143. The fourth-order valence-electron chi connectivity index (χ4n) is 1.69. The number of furan rings is 1. The minimum Gasteiger partial charge on any atom is -0.469 e. The number of rotatable bonds is 4. The SMILES string of the molecule is Cc1occc1C(=O)CC(=O)c1ccc(F)c(F)c1. The number of ketones is 2. The van der Waals surface area contributed by atoms with Gasteiger partial charge in [-0.15, -0.1) is 0 Å². The van der Waals surface area contributed by atoms with Gasteiger partial charge in [0.2, 0.25) is 0 Å². The van der Waals surface area contributed by atoms with Crippen molar-refractivity contribution in [3.63, 3.8) is 0 Å². The van der Waals surface area contributed by atoms with Gasteiger partial charge in [-0.1, -0.05) is 0 Å². The van der Waals surface area contributed by atoms with E-state index in [0.29, 0.717) is 11.3 Å². The normalized spacial score (nSPS) is 10.5. The Bertz CT molecular complexity index is 644. The molecule has 0 saturated heterocycles. The number of halogens is 2. The molecule has 0 atom stereocenters. The molecule has 19 heavy (non-hydrogen) atoms. The van der Waals surface area contributed by atoms with Gasteiger partial charge in [0, 0.05) is 5.56 Å². The second-order valence-electron chi connectivity index (χ2n) is 4.04. The van der Waals surface area contributed by atoms with Crippen molar-refractivity contribution >= 4 is 11.6 Å². The van der Waals surface area contributed by atoms with Crippen molar-refractivity contribution in [3.8, 4) is 0 Å². The molecule has 0 aliphatic carbocycles. The summed E-state index contributed by atoms with van der Waals surface area (Å²) >= 11 is 0. The summed E-state index contributed by atoms with van der Waals surface area (Å²) in [6, 6.07) is 4.26. The molecule has 0 aliphatic heterocycles. The average molecular weight is 264 g/mol. The molecule has 0 aliphatic rings. The van der Waals surface area contributed by atoms with Gasteiger partial charge in [-0.05, 0) is 31.2 Å². The van der Waals surface area contributed by atoms with E-state index in [1.165, 1.54) is 12.3 Å². The molecule has 0 unspecified atom stereocenters. The zero-order chi connectivity index (χ0) is 14.0. The Kier molecular flexibility index (Phi) is 3.55. The van der Waals surface area contributed by atoms with Crippen molar-refractivity contribution in [2.75, 3.05) is 0 Å². The van der Waals surface area contributed by atoms with Crippen LogP contribution in [0, 0.1) is 18.6 Å². The average Bonchev–Trinajstić information content (AvgIpc) is 2.79. The molecule has 1 aromatic heterocycles. The molecule has 0 N–H and O–H groups in total. The zero-order valence-corrected chi connectivity index (χ0v) is 10.1. The Hall–Kier alpha value is -2.30. The minimum atomic E-state index is -1.11. The van der Waals surface area contributed by atoms with Crippen molar-refractivity contribution in [2.45, 2.75) is 13.3 Å². The molecular weight excluding hydrogens is 254 g/mol. The van der Waals surface area contributed by atoms with Crippen LogP contribution in [0.15, 0.2) is 34.9 Å². The Morgan fingerprint density at radius 1 is 1.11 bits per heavy atom. The van der Waals surface area contributed by atoms with Crippen LogP contribution in [0.4, 0.5) is 8.78 Å². The van der Waals surface area contributed by atoms with Crippen LogP contribution in [0.3, 0.4) is 0 Å². The van der Waals surface area contributed by atoms with Crippen LogP contribution < -0.4 is 0 Å². The van der Waals surface area contributed by atoms with Crippen LogP contribution >= 0.6 is 0 Å². The largest absolute Gasteiger partial charge is 0.469 e. The number of hydrogen-bond acceptors (Lipinski definition) is 3. The van der Waals surface area contributed by atoms with Gasteiger partial charge >= 0.3 is 0 Å². The van der Waals surface area contributed by atoms with Crippen molar-refractivity contribution in [3.05, 3.63) is 59.1 Å². The summed E-state index contributed by atoms with van der Waals surface area (Å²) in [4.78, 5) is 23.6. The first-order chi connectivity index (χ1) is 8.99. The van der Waals surface area contributed by atoms with Gasteiger partial charge in [0.25, 0.3) is 0 Å². The lowest BCUT2D eigenvalue weighted by molar-refractivity contribution is 0.0893. The van der Waals surface area contributed by atoms with Crippen molar-refractivity contribution < 1.29 is 22.8 Å². The minimum absolute atomic E-state index is 0.0339. The summed E-state index contributed by atoms with van der Waals surface area (Å²) < 4.78 is 30.7. The van der Waals surface area contributed by atoms with Gasteiger partial charge in [0.05, 0.1) is 18.2 Å². The van der Waals surface area contributed by atoms with Gasteiger partial charge in [0.15, 0.2) is 23.2 Å². The van der Waals surface area contributed by atoms with Crippen LogP contribution in [0.5, 0.6) is 0 Å². The van der Waals surface area contributed by atoms with E-state index < -0.39 is 29.6 Å². The molecule has 1 heterocycles. The molecule has 0 amide bonds. The Morgan fingerprint density at radius 2 is 1.84 bits per heavy atom. The van der Waals surface area contributed by atoms with E-state index in [9.17, 15) is 18.4 Å². The maximum Gasteiger partial charge on any atom is 0.174 e. The summed E-state index contributed by atoms with van der Waals surface area (Å²) in [5.74, 6) is -2.71. The summed E-state index contributed by atoms with van der Waals surface area (Å²) in [6.45, 7) is 1.61. The predicted octanol–water partition coefficient (Wildman–Crippen LogP) is 3.32. The highest BCUT2D eigenvalue weighted by Crippen LogP contribution is 2.15. The van der Waals surface area contributed by atoms with Gasteiger partial charge in [0.1, 0.15) is 5.76 Å². The van der Waals surface area contributed by atoms with Crippen LogP contribution in [-0.2, 0) is 0 Å². The van der Waals surface area contributed by atoms with Gasteiger partial charge in [-0.2, -0.15) is 0 Å². The lowest BCUT2D eigenvalue weighted by Crippen LogP contribution is -2.09. The van der Waals surface area contributed by atoms with Crippen molar-refractivity contribution in [1.82, 2.24) is 0 Å².